The minimum atomic E-state index is -0.427. The molecular weight excluding hydrogens is 304 g/mol. The summed E-state index contributed by atoms with van der Waals surface area (Å²) in [6, 6.07) is 0. The minimum Gasteiger partial charge on any atom is -0.466 e. The summed E-state index contributed by atoms with van der Waals surface area (Å²) in [7, 11) is 1.31. The average molecular weight is 324 g/mol. The summed E-state index contributed by atoms with van der Waals surface area (Å²) >= 11 is 1.38. The lowest BCUT2D eigenvalue weighted by Crippen LogP contribution is -2.25. The second-order valence-electron chi connectivity index (χ2n) is 4.64. The number of rotatable bonds is 6. The fraction of sp³-hybridized carbons (Fsp3) is 0.400. The van der Waals surface area contributed by atoms with Crippen molar-refractivity contribution in [2.24, 2.45) is 0 Å². The van der Waals surface area contributed by atoms with Crippen LogP contribution in [0.25, 0.3) is 0 Å². The van der Waals surface area contributed by atoms with E-state index in [1.165, 1.54) is 31.4 Å². The lowest BCUT2D eigenvalue weighted by Gasteiger charge is -2.07. The third-order valence-corrected chi connectivity index (χ3v) is 4.08. The van der Waals surface area contributed by atoms with Gasteiger partial charge in [0, 0.05) is 24.4 Å². The van der Waals surface area contributed by atoms with Gasteiger partial charge in [-0.3, -0.25) is 9.59 Å². The Kier molecular flexibility index (Phi) is 6.78. The Hall–Kier alpha value is -2.15. The van der Waals surface area contributed by atoms with Crippen molar-refractivity contribution in [2.75, 3.05) is 19.0 Å². The van der Waals surface area contributed by atoms with Crippen molar-refractivity contribution >= 4 is 34.1 Å². The van der Waals surface area contributed by atoms with Crippen molar-refractivity contribution in [2.45, 2.75) is 27.2 Å². The van der Waals surface area contributed by atoms with E-state index in [9.17, 15) is 14.4 Å². The van der Waals surface area contributed by atoms with Crippen molar-refractivity contribution in [3.63, 3.8) is 0 Å². The number of ether oxygens (including phenoxy) is 1. The van der Waals surface area contributed by atoms with Gasteiger partial charge in [0.15, 0.2) is 0 Å². The molecule has 0 atom stereocenters. The average Bonchev–Trinajstić information content (AvgIpc) is 2.72. The van der Waals surface area contributed by atoms with Crippen LogP contribution in [-0.2, 0) is 14.3 Å². The van der Waals surface area contributed by atoms with Crippen LogP contribution in [0.2, 0.25) is 0 Å². The van der Waals surface area contributed by atoms with Gasteiger partial charge < -0.3 is 15.4 Å². The normalized spacial score (nSPS) is 10.5. The number of esters is 1. The van der Waals surface area contributed by atoms with Crippen LogP contribution in [0.4, 0.5) is 5.00 Å². The van der Waals surface area contributed by atoms with E-state index in [1.54, 1.807) is 6.08 Å². The van der Waals surface area contributed by atoms with Crippen LogP contribution >= 0.6 is 11.3 Å². The molecule has 22 heavy (non-hydrogen) atoms. The molecule has 0 unspecified atom stereocenters. The molecule has 0 aliphatic heterocycles. The van der Waals surface area contributed by atoms with Crippen molar-refractivity contribution in [1.82, 2.24) is 5.32 Å². The molecule has 7 heteroatoms. The molecule has 1 rings (SSSR count). The lowest BCUT2D eigenvalue weighted by atomic mass is 10.1. The highest BCUT2D eigenvalue weighted by atomic mass is 32.1. The monoisotopic (exact) mass is 324 g/mol. The third-order valence-electron chi connectivity index (χ3n) is 2.95. The molecule has 0 saturated carbocycles. The smallest absolute Gasteiger partial charge is 0.330 e. The lowest BCUT2D eigenvalue weighted by molar-refractivity contribution is -0.134. The number of aryl methyl sites for hydroxylation is 1. The Balaban J connectivity index is 2.67. The van der Waals surface area contributed by atoms with E-state index in [2.05, 4.69) is 15.4 Å². The maximum Gasteiger partial charge on any atom is 0.330 e. The standard InChI is InChI=1S/C15H20N2O4S/c1-9-10(2)22-15(17-11(3)18)13(9)14(20)16-8-6-5-7-12(19)21-4/h5,7H,6,8H2,1-4H3,(H,16,20)(H,17,18)/b7-5+. The van der Waals surface area contributed by atoms with E-state index in [4.69, 9.17) is 0 Å². The van der Waals surface area contributed by atoms with Gasteiger partial charge in [0.1, 0.15) is 5.00 Å². The van der Waals surface area contributed by atoms with Crippen LogP contribution in [0.15, 0.2) is 12.2 Å². The molecule has 0 radical (unpaired) electrons. The highest BCUT2D eigenvalue weighted by molar-refractivity contribution is 7.16. The van der Waals surface area contributed by atoms with Crippen LogP contribution in [-0.4, -0.2) is 31.4 Å². The molecule has 1 aromatic rings. The first kappa shape index (κ1) is 17.9. The number of hydrogen-bond donors (Lipinski definition) is 2. The van der Waals surface area contributed by atoms with Gasteiger partial charge in [-0.25, -0.2) is 4.79 Å². The zero-order valence-electron chi connectivity index (χ0n) is 13.1. The molecule has 0 spiro atoms. The van der Waals surface area contributed by atoms with E-state index < -0.39 is 5.97 Å². The molecule has 0 bridgehead atoms. The van der Waals surface area contributed by atoms with Crippen LogP contribution in [0.3, 0.4) is 0 Å². The second-order valence-corrected chi connectivity index (χ2v) is 5.86. The number of anilines is 1. The van der Waals surface area contributed by atoms with Gasteiger partial charge >= 0.3 is 5.97 Å². The Morgan fingerprint density at radius 3 is 2.55 bits per heavy atom. The summed E-state index contributed by atoms with van der Waals surface area (Å²) in [5, 5.41) is 6.02. The van der Waals surface area contributed by atoms with E-state index in [0.717, 1.165) is 10.4 Å². The van der Waals surface area contributed by atoms with Gasteiger partial charge in [0.25, 0.3) is 5.91 Å². The summed E-state index contributed by atoms with van der Waals surface area (Å²) in [6.45, 7) is 5.55. The fourth-order valence-electron chi connectivity index (χ4n) is 1.75. The summed E-state index contributed by atoms with van der Waals surface area (Å²) in [4.78, 5) is 35.3. The quantitative estimate of drug-likeness (QED) is 0.477. The number of carbonyl (C=O) groups is 3. The molecule has 2 amide bonds. The first-order valence-corrected chi connectivity index (χ1v) is 7.58. The fourth-order valence-corrected chi connectivity index (χ4v) is 2.86. The second kappa shape index (κ2) is 8.33. The Bertz CT molecular complexity index is 605. The Morgan fingerprint density at radius 2 is 1.95 bits per heavy atom. The van der Waals surface area contributed by atoms with Crippen molar-refractivity contribution < 1.29 is 19.1 Å². The molecule has 1 heterocycles. The van der Waals surface area contributed by atoms with Gasteiger partial charge in [-0.05, 0) is 25.8 Å². The number of hydrogen-bond acceptors (Lipinski definition) is 5. The van der Waals surface area contributed by atoms with Gasteiger partial charge in [-0.1, -0.05) is 6.08 Å². The number of thiophene rings is 1. The van der Waals surface area contributed by atoms with Gasteiger partial charge in [-0.15, -0.1) is 11.3 Å². The third kappa shape index (κ3) is 5.00. The summed E-state index contributed by atoms with van der Waals surface area (Å²) in [5.74, 6) is -0.878. The van der Waals surface area contributed by atoms with Crippen molar-refractivity contribution in [3.8, 4) is 0 Å². The Labute approximate surface area is 133 Å². The zero-order valence-corrected chi connectivity index (χ0v) is 13.9. The van der Waals surface area contributed by atoms with Gasteiger partial charge in [0.2, 0.25) is 5.91 Å². The molecule has 0 aromatic carbocycles. The molecule has 0 fully saturated rings. The van der Waals surface area contributed by atoms with Crippen LogP contribution in [0.5, 0.6) is 0 Å². The topological polar surface area (TPSA) is 84.5 Å². The predicted molar refractivity (Wildman–Crippen MR) is 86.2 cm³/mol. The number of nitrogens with one attached hydrogen (secondary N) is 2. The Morgan fingerprint density at radius 1 is 1.27 bits per heavy atom. The van der Waals surface area contributed by atoms with E-state index in [1.807, 2.05) is 13.8 Å². The first-order chi connectivity index (χ1) is 10.4. The van der Waals surface area contributed by atoms with Crippen molar-refractivity contribution in [3.05, 3.63) is 28.2 Å². The summed E-state index contributed by atoms with van der Waals surface area (Å²) < 4.78 is 4.47. The first-order valence-electron chi connectivity index (χ1n) is 6.77. The van der Waals surface area contributed by atoms with Gasteiger partial charge in [-0.2, -0.15) is 0 Å². The maximum atomic E-state index is 12.3. The van der Waals surface area contributed by atoms with Gasteiger partial charge in [0.05, 0.1) is 12.7 Å². The number of amides is 2. The van der Waals surface area contributed by atoms with Crippen LogP contribution in [0, 0.1) is 13.8 Å². The molecular formula is C15H20N2O4S. The highest BCUT2D eigenvalue weighted by Gasteiger charge is 2.19. The van der Waals surface area contributed by atoms with Crippen LogP contribution in [0.1, 0.15) is 34.1 Å². The van der Waals surface area contributed by atoms with E-state index in [0.29, 0.717) is 23.5 Å². The molecule has 0 saturated heterocycles. The highest BCUT2D eigenvalue weighted by Crippen LogP contribution is 2.32. The van der Waals surface area contributed by atoms with E-state index in [-0.39, 0.29) is 11.8 Å². The van der Waals surface area contributed by atoms with E-state index >= 15 is 0 Å². The molecule has 0 aliphatic carbocycles. The number of carbonyl (C=O) groups excluding carboxylic acids is 3. The molecule has 6 nitrogen and oxygen atoms in total. The molecule has 1 aromatic heterocycles. The zero-order chi connectivity index (χ0) is 16.7. The SMILES string of the molecule is COC(=O)/C=C/CCNC(=O)c1c(NC(C)=O)sc(C)c1C. The largest absolute Gasteiger partial charge is 0.466 e. The summed E-state index contributed by atoms with van der Waals surface area (Å²) in [6.07, 6.45) is 3.46. The summed E-state index contributed by atoms with van der Waals surface area (Å²) in [5.41, 5.74) is 1.35. The van der Waals surface area contributed by atoms with Crippen molar-refractivity contribution in [1.29, 1.82) is 0 Å². The molecule has 2 N–H and O–H groups in total. The molecule has 0 aliphatic rings. The predicted octanol–water partition coefficient (Wildman–Crippen LogP) is 2.17. The maximum absolute atomic E-state index is 12.3. The minimum absolute atomic E-state index is 0.212. The molecule has 120 valence electrons. The number of methoxy groups -OCH3 is 1. The van der Waals surface area contributed by atoms with Crippen LogP contribution < -0.4 is 10.6 Å².